The Hall–Kier alpha value is -0.440. The van der Waals surface area contributed by atoms with E-state index in [0.29, 0.717) is 6.10 Å². The molecule has 1 fully saturated rings. The van der Waals surface area contributed by atoms with Crippen molar-refractivity contribution < 1.29 is 9.47 Å². The van der Waals surface area contributed by atoms with Crippen LogP contribution in [-0.2, 0) is 11.2 Å². The van der Waals surface area contributed by atoms with Gasteiger partial charge in [-0.3, -0.25) is 0 Å². The topological polar surface area (TPSA) is 18.5 Å². The maximum absolute atomic E-state index is 6.55. The molecule has 2 nitrogen and oxygen atoms in total. The highest BCUT2D eigenvalue weighted by Crippen LogP contribution is 2.40. The average molecular weight is 301 g/mol. The zero-order chi connectivity index (χ0) is 13.2. The minimum atomic E-state index is -0.0465. The minimum absolute atomic E-state index is 0.0465. The molecule has 19 heavy (non-hydrogen) atoms. The first-order valence-electron chi connectivity index (χ1n) is 6.95. The lowest BCUT2D eigenvalue weighted by molar-refractivity contribution is 0.102. The predicted octanol–water partition coefficient (Wildman–Crippen LogP) is 4.51. The smallest absolute Gasteiger partial charge is 0.127 e. The van der Waals surface area contributed by atoms with Crippen LogP contribution in [0.15, 0.2) is 12.1 Å². The third kappa shape index (κ3) is 3.01. The zero-order valence-corrected chi connectivity index (χ0v) is 12.3. The summed E-state index contributed by atoms with van der Waals surface area (Å²) in [5, 5.41) is 0.705. The summed E-state index contributed by atoms with van der Waals surface area (Å²) in [6.07, 6.45) is 5.56. The summed E-state index contributed by atoms with van der Waals surface area (Å²) in [4.78, 5) is 0. The normalized spacial score (nSPS) is 23.2. The second kappa shape index (κ2) is 5.90. The number of ether oxygens (including phenoxy) is 2. The summed E-state index contributed by atoms with van der Waals surface area (Å²) in [5.41, 5.74) is 2.23. The van der Waals surface area contributed by atoms with Gasteiger partial charge in [-0.05, 0) is 43.4 Å². The van der Waals surface area contributed by atoms with Gasteiger partial charge in [0.15, 0.2) is 0 Å². The van der Waals surface area contributed by atoms with Crippen LogP contribution in [0.1, 0.15) is 42.2 Å². The summed E-state index contributed by atoms with van der Waals surface area (Å²) in [6.45, 7) is 1.63. The SMILES string of the molecule is Clc1cc2c(c(C(Cl)CCC3CCCO3)c1)OCC2. The van der Waals surface area contributed by atoms with Crippen LogP contribution in [0, 0.1) is 0 Å². The first-order chi connectivity index (χ1) is 9.24. The quantitative estimate of drug-likeness (QED) is 0.762. The molecule has 0 radical (unpaired) electrons. The molecule has 2 heterocycles. The van der Waals surface area contributed by atoms with E-state index in [4.69, 9.17) is 32.7 Å². The van der Waals surface area contributed by atoms with E-state index in [1.54, 1.807) is 0 Å². The molecule has 0 amide bonds. The largest absolute Gasteiger partial charge is 0.493 e. The van der Waals surface area contributed by atoms with Crippen molar-refractivity contribution in [3.8, 4) is 5.75 Å². The first-order valence-corrected chi connectivity index (χ1v) is 7.76. The van der Waals surface area contributed by atoms with E-state index in [0.717, 1.165) is 55.2 Å². The van der Waals surface area contributed by atoms with Crippen LogP contribution < -0.4 is 4.74 Å². The molecule has 2 atom stereocenters. The molecule has 1 aromatic carbocycles. The molecule has 0 aromatic heterocycles. The van der Waals surface area contributed by atoms with Gasteiger partial charge in [-0.25, -0.2) is 0 Å². The molecule has 4 heteroatoms. The van der Waals surface area contributed by atoms with E-state index < -0.39 is 0 Å². The molecule has 1 aromatic rings. The fourth-order valence-electron chi connectivity index (χ4n) is 2.89. The highest BCUT2D eigenvalue weighted by Gasteiger charge is 2.24. The summed E-state index contributed by atoms with van der Waals surface area (Å²) >= 11 is 12.7. The third-order valence-electron chi connectivity index (χ3n) is 3.88. The number of hydrogen-bond acceptors (Lipinski definition) is 2. The van der Waals surface area contributed by atoms with Crippen LogP contribution in [0.2, 0.25) is 5.02 Å². The molecule has 1 saturated heterocycles. The summed E-state index contributed by atoms with van der Waals surface area (Å²) in [6, 6.07) is 3.93. The Morgan fingerprint density at radius 3 is 3.00 bits per heavy atom. The van der Waals surface area contributed by atoms with Crippen molar-refractivity contribution >= 4 is 23.2 Å². The highest BCUT2D eigenvalue weighted by molar-refractivity contribution is 6.31. The summed E-state index contributed by atoms with van der Waals surface area (Å²) in [5.74, 6) is 0.955. The van der Waals surface area contributed by atoms with Gasteiger partial charge in [0.2, 0.25) is 0 Å². The van der Waals surface area contributed by atoms with Crippen LogP contribution in [0.3, 0.4) is 0 Å². The molecule has 3 rings (SSSR count). The van der Waals surface area contributed by atoms with Crippen molar-refractivity contribution in [2.24, 2.45) is 0 Å². The lowest BCUT2D eigenvalue weighted by atomic mass is 10.0. The van der Waals surface area contributed by atoms with E-state index in [9.17, 15) is 0 Å². The standard InChI is InChI=1S/C15H18Cl2O2/c16-11-8-10-5-7-19-15(10)13(9-11)14(17)4-3-12-2-1-6-18-12/h8-9,12,14H,1-7H2. The fourth-order valence-corrected chi connectivity index (χ4v) is 3.43. The average Bonchev–Trinajstić information content (AvgIpc) is 3.05. The van der Waals surface area contributed by atoms with E-state index in [-0.39, 0.29) is 5.38 Å². The first kappa shape index (κ1) is 13.5. The lowest BCUT2D eigenvalue weighted by Gasteiger charge is -2.16. The lowest BCUT2D eigenvalue weighted by Crippen LogP contribution is -2.06. The maximum Gasteiger partial charge on any atom is 0.127 e. The van der Waals surface area contributed by atoms with Gasteiger partial charge in [-0.1, -0.05) is 11.6 Å². The van der Waals surface area contributed by atoms with Crippen LogP contribution in [0.5, 0.6) is 5.75 Å². The second-order valence-electron chi connectivity index (χ2n) is 5.26. The van der Waals surface area contributed by atoms with Crippen molar-refractivity contribution in [2.45, 2.75) is 43.6 Å². The van der Waals surface area contributed by atoms with Crippen LogP contribution >= 0.6 is 23.2 Å². The Morgan fingerprint density at radius 2 is 2.21 bits per heavy atom. The number of fused-ring (bicyclic) bond motifs is 1. The van der Waals surface area contributed by atoms with Crippen molar-refractivity contribution in [3.63, 3.8) is 0 Å². The number of benzene rings is 1. The van der Waals surface area contributed by atoms with Gasteiger partial charge >= 0.3 is 0 Å². The van der Waals surface area contributed by atoms with Crippen molar-refractivity contribution in [2.75, 3.05) is 13.2 Å². The Morgan fingerprint density at radius 1 is 1.32 bits per heavy atom. The number of rotatable bonds is 4. The molecule has 0 N–H and O–H groups in total. The summed E-state index contributed by atoms with van der Waals surface area (Å²) in [7, 11) is 0. The zero-order valence-electron chi connectivity index (χ0n) is 10.8. The van der Waals surface area contributed by atoms with Crippen molar-refractivity contribution in [1.29, 1.82) is 0 Å². The van der Waals surface area contributed by atoms with Crippen LogP contribution in [0.25, 0.3) is 0 Å². The molecule has 0 aliphatic carbocycles. The van der Waals surface area contributed by atoms with Gasteiger partial charge in [0.25, 0.3) is 0 Å². The van der Waals surface area contributed by atoms with E-state index in [1.807, 2.05) is 12.1 Å². The number of hydrogen-bond donors (Lipinski definition) is 0. The Bertz CT molecular complexity index is 456. The van der Waals surface area contributed by atoms with Crippen molar-refractivity contribution in [1.82, 2.24) is 0 Å². The molecule has 104 valence electrons. The predicted molar refractivity (Wildman–Crippen MR) is 77.5 cm³/mol. The molecule has 0 spiro atoms. The van der Waals surface area contributed by atoms with E-state index in [1.165, 1.54) is 12.0 Å². The third-order valence-corrected chi connectivity index (χ3v) is 4.55. The molecule has 0 bridgehead atoms. The Kier molecular flexibility index (Phi) is 4.21. The Labute approximate surface area is 124 Å². The molecule has 2 aliphatic heterocycles. The van der Waals surface area contributed by atoms with Gasteiger partial charge in [-0.2, -0.15) is 0 Å². The van der Waals surface area contributed by atoms with E-state index >= 15 is 0 Å². The van der Waals surface area contributed by atoms with Gasteiger partial charge in [0.1, 0.15) is 5.75 Å². The van der Waals surface area contributed by atoms with Crippen molar-refractivity contribution in [3.05, 3.63) is 28.3 Å². The number of halogens is 2. The fraction of sp³-hybridized carbons (Fsp3) is 0.600. The molecule has 2 aliphatic rings. The second-order valence-corrected chi connectivity index (χ2v) is 6.22. The van der Waals surface area contributed by atoms with Gasteiger partial charge in [-0.15, -0.1) is 11.6 Å². The van der Waals surface area contributed by atoms with Gasteiger partial charge in [0, 0.05) is 23.6 Å². The number of alkyl halides is 1. The summed E-state index contributed by atoms with van der Waals surface area (Å²) < 4.78 is 11.3. The van der Waals surface area contributed by atoms with Crippen LogP contribution in [0.4, 0.5) is 0 Å². The highest BCUT2D eigenvalue weighted by atomic mass is 35.5. The molecule has 0 saturated carbocycles. The molecular formula is C15H18Cl2O2. The van der Waals surface area contributed by atoms with Crippen LogP contribution in [-0.4, -0.2) is 19.3 Å². The minimum Gasteiger partial charge on any atom is -0.493 e. The molecule has 2 unspecified atom stereocenters. The molecular weight excluding hydrogens is 283 g/mol. The monoisotopic (exact) mass is 300 g/mol. The van der Waals surface area contributed by atoms with Gasteiger partial charge in [0.05, 0.1) is 18.1 Å². The van der Waals surface area contributed by atoms with E-state index in [2.05, 4.69) is 0 Å². The Balaban J connectivity index is 1.70. The van der Waals surface area contributed by atoms with Gasteiger partial charge < -0.3 is 9.47 Å². The maximum atomic E-state index is 6.55.